The SMILES string of the molecule is CC(C)(CCCOc1ccccc1)C(/C=C/C=C/[C@]1(C)CCCCC12OCCO2)OC(=O)c1ccccc1. The van der Waals surface area contributed by atoms with Crippen LogP contribution in [0, 0.1) is 10.8 Å². The summed E-state index contributed by atoms with van der Waals surface area (Å²) in [5, 5.41) is 0. The van der Waals surface area contributed by atoms with Crippen LogP contribution < -0.4 is 4.74 Å². The van der Waals surface area contributed by atoms with Crippen LogP contribution in [0.2, 0.25) is 0 Å². The number of esters is 1. The number of allylic oxidation sites excluding steroid dienone is 2. The smallest absolute Gasteiger partial charge is 0.338 e. The number of carbonyl (C=O) groups is 1. The third kappa shape index (κ3) is 6.95. The van der Waals surface area contributed by atoms with E-state index < -0.39 is 11.9 Å². The van der Waals surface area contributed by atoms with E-state index >= 15 is 0 Å². The molecule has 0 N–H and O–H groups in total. The molecule has 1 heterocycles. The van der Waals surface area contributed by atoms with E-state index in [2.05, 4.69) is 32.9 Å². The second kappa shape index (κ2) is 12.8. The summed E-state index contributed by atoms with van der Waals surface area (Å²) in [5.41, 5.74) is 0.0755. The Morgan fingerprint density at radius 2 is 1.63 bits per heavy atom. The highest BCUT2D eigenvalue weighted by Crippen LogP contribution is 2.50. The summed E-state index contributed by atoms with van der Waals surface area (Å²) in [6.07, 6.45) is 13.8. The minimum atomic E-state index is -0.521. The fourth-order valence-electron chi connectivity index (χ4n) is 5.49. The Bertz CT molecular complexity index is 1070. The molecule has 0 aromatic heterocycles. The second-order valence-electron chi connectivity index (χ2n) is 11.3. The maximum Gasteiger partial charge on any atom is 0.338 e. The molecule has 204 valence electrons. The number of rotatable bonds is 11. The van der Waals surface area contributed by atoms with Crippen LogP contribution in [0.15, 0.2) is 85.0 Å². The maximum absolute atomic E-state index is 13.0. The molecule has 0 bridgehead atoms. The summed E-state index contributed by atoms with van der Waals surface area (Å²) in [7, 11) is 0. The number of para-hydroxylation sites is 1. The molecule has 1 saturated carbocycles. The monoisotopic (exact) mass is 518 g/mol. The molecular weight excluding hydrogens is 476 g/mol. The first kappa shape index (κ1) is 28.1. The van der Waals surface area contributed by atoms with Crippen LogP contribution in [0.25, 0.3) is 0 Å². The Hall–Kier alpha value is -2.89. The van der Waals surface area contributed by atoms with Gasteiger partial charge in [-0.05, 0) is 56.0 Å². The topological polar surface area (TPSA) is 54.0 Å². The molecule has 0 radical (unpaired) electrons. The molecule has 2 atom stereocenters. The van der Waals surface area contributed by atoms with Gasteiger partial charge in [-0.2, -0.15) is 0 Å². The molecule has 5 nitrogen and oxygen atoms in total. The van der Waals surface area contributed by atoms with E-state index in [0.717, 1.165) is 44.3 Å². The van der Waals surface area contributed by atoms with Gasteiger partial charge in [0.05, 0.1) is 25.4 Å². The van der Waals surface area contributed by atoms with Gasteiger partial charge in [0.25, 0.3) is 0 Å². The quantitative estimate of drug-likeness (QED) is 0.175. The van der Waals surface area contributed by atoms with E-state index in [-0.39, 0.29) is 16.8 Å². The summed E-state index contributed by atoms with van der Waals surface area (Å²) in [6.45, 7) is 8.43. The van der Waals surface area contributed by atoms with Crippen LogP contribution >= 0.6 is 0 Å². The zero-order chi connectivity index (χ0) is 26.9. The third-order valence-corrected chi connectivity index (χ3v) is 7.93. The molecule has 1 saturated heterocycles. The Kier molecular flexibility index (Phi) is 9.45. The molecule has 2 aliphatic rings. The van der Waals surface area contributed by atoms with E-state index in [0.29, 0.717) is 25.4 Å². The lowest BCUT2D eigenvalue weighted by Gasteiger charge is -2.46. The van der Waals surface area contributed by atoms with Crippen molar-refractivity contribution in [3.8, 4) is 5.75 Å². The van der Waals surface area contributed by atoms with Gasteiger partial charge in [-0.3, -0.25) is 0 Å². The predicted octanol–water partition coefficient (Wildman–Crippen LogP) is 7.53. The average molecular weight is 519 g/mol. The molecule has 1 unspecified atom stereocenters. The molecule has 2 aromatic carbocycles. The normalized spacial score (nSPS) is 22.2. The van der Waals surface area contributed by atoms with E-state index in [1.165, 1.54) is 0 Å². The van der Waals surface area contributed by atoms with Gasteiger partial charge in [0.15, 0.2) is 5.79 Å². The molecule has 38 heavy (non-hydrogen) atoms. The summed E-state index contributed by atoms with van der Waals surface area (Å²) >= 11 is 0. The lowest BCUT2D eigenvalue weighted by molar-refractivity contribution is -0.235. The third-order valence-electron chi connectivity index (χ3n) is 7.93. The van der Waals surface area contributed by atoms with Gasteiger partial charge >= 0.3 is 5.97 Å². The first-order valence-electron chi connectivity index (χ1n) is 13.9. The van der Waals surface area contributed by atoms with Crippen molar-refractivity contribution in [3.05, 3.63) is 90.5 Å². The van der Waals surface area contributed by atoms with Crippen LogP contribution in [0.4, 0.5) is 0 Å². The van der Waals surface area contributed by atoms with Crippen molar-refractivity contribution in [2.24, 2.45) is 10.8 Å². The van der Waals surface area contributed by atoms with Gasteiger partial charge in [0.2, 0.25) is 0 Å². The number of benzene rings is 2. The van der Waals surface area contributed by atoms with Crippen molar-refractivity contribution in [1.82, 2.24) is 0 Å². The minimum Gasteiger partial charge on any atom is -0.494 e. The Balaban J connectivity index is 1.44. The fraction of sp³-hybridized carbons (Fsp3) is 0.485. The van der Waals surface area contributed by atoms with Crippen molar-refractivity contribution in [1.29, 1.82) is 0 Å². The molecule has 1 aliphatic carbocycles. The van der Waals surface area contributed by atoms with Crippen LogP contribution in [-0.4, -0.2) is 37.7 Å². The van der Waals surface area contributed by atoms with E-state index in [9.17, 15) is 4.79 Å². The number of hydrogen-bond acceptors (Lipinski definition) is 5. The van der Waals surface area contributed by atoms with E-state index in [1.54, 1.807) is 12.1 Å². The van der Waals surface area contributed by atoms with Crippen molar-refractivity contribution in [2.45, 2.75) is 71.2 Å². The second-order valence-corrected chi connectivity index (χ2v) is 11.3. The number of ether oxygens (including phenoxy) is 4. The molecule has 2 aromatic rings. The van der Waals surface area contributed by atoms with Gasteiger partial charge < -0.3 is 18.9 Å². The largest absolute Gasteiger partial charge is 0.494 e. The number of carbonyl (C=O) groups excluding carboxylic acids is 1. The lowest BCUT2D eigenvalue weighted by atomic mass is 9.70. The summed E-state index contributed by atoms with van der Waals surface area (Å²) < 4.78 is 24.2. The van der Waals surface area contributed by atoms with Crippen molar-refractivity contribution >= 4 is 5.97 Å². The van der Waals surface area contributed by atoms with Gasteiger partial charge in [-0.25, -0.2) is 4.79 Å². The Morgan fingerprint density at radius 1 is 0.974 bits per heavy atom. The zero-order valence-electron chi connectivity index (χ0n) is 23.1. The molecule has 1 aliphatic heterocycles. The zero-order valence-corrected chi connectivity index (χ0v) is 23.1. The van der Waals surface area contributed by atoms with Crippen LogP contribution in [0.3, 0.4) is 0 Å². The summed E-state index contributed by atoms with van der Waals surface area (Å²) in [4.78, 5) is 13.0. The fourth-order valence-corrected chi connectivity index (χ4v) is 5.49. The first-order chi connectivity index (χ1) is 18.3. The van der Waals surface area contributed by atoms with Gasteiger partial charge in [0.1, 0.15) is 11.9 Å². The highest BCUT2D eigenvalue weighted by molar-refractivity contribution is 5.89. The number of hydrogen-bond donors (Lipinski definition) is 0. The molecular formula is C33H42O5. The summed E-state index contributed by atoms with van der Waals surface area (Å²) in [6, 6.07) is 19.0. The maximum atomic E-state index is 13.0. The average Bonchev–Trinajstić information content (AvgIpc) is 3.41. The minimum absolute atomic E-state index is 0.188. The first-order valence-corrected chi connectivity index (χ1v) is 13.9. The van der Waals surface area contributed by atoms with Crippen molar-refractivity contribution in [2.75, 3.05) is 19.8 Å². The highest BCUT2D eigenvalue weighted by atomic mass is 16.7. The Morgan fingerprint density at radius 3 is 2.34 bits per heavy atom. The molecule has 4 rings (SSSR count). The summed E-state index contributed by atoms with van der Waals surface area (Å²) in [5.74, 6) is 0.0302. The Labute approximate surface area is 227 Å². The van der Waals surface area contributed by atoms with Crippen LogP contribution in [0.5, 0.6) is 5.75 Å². The predicted molar refractivity (Wildman–Crippen MR) is 150 cm³/mol. The van der Waals surface area contributed by atoms with Crippen molar-refractivity contribution < 1.29 is 23.7 Å². The highest BCUT2D eigenvalue weighted by Gasteiger charge is 2.52. The molecule has 5 heteroatoms. The van der Waals surface area contributed by atoms with Crippen molar-refractivity contribution in [3.63, 3.8) is 0 Å². The van der Waals surface area contributed by atoms with E-state index in [4.69, 9.17) is 18.9 Å². The molecule has 0 amide bonds. The van der Waals surface area contributed by atoms with Gasteiger partial charge in [-0.15, -0.1) is 0 Å². The molecule has 2 fully saturated rings. The van der Waals surface area contributed by atoms with Crippen LogP contribution in [-0.2, 0) is 14.2 Å². The lowest BCUT2D eigenvalue weighted by Crippen LogP contribution is -2.48. The van der Waals surface area contributed by atoms with E-state index in [1.807, 2.05) is 60.7 Å². The molecule has 1 spiro atoms. The standard InChI is InChI=1S/C33H42O5/c1-31(2,20-14-24-35-28-17-8-5-9-18-28)29(38-30(34)27-15-6-4-7-16-27)19-10-11-21-32(3)22-12-13-23-33(32)36-25-26-37-33/h4-11,15-19,21,29H,12-14,20,22-26H2,1-3H3/b19-10+,21-11+/t29?,32-/m1/s1. The van der Waals surface area contributed by atoms with Gasteiger partial charge in [-0.1, -0.05) is 81.8 Å². The van der Waals surface area contributed by atoms with Crippen LogP contribution in [0.1, 0.15) is 69.7 Å². The van der Waals surface area contributed by atoms with Gasteiger partial charge in [0, 0.05) is 17.3 Å².